The van der Waals surface area contributed by atoms with Crippen molar-refractivity contribution < 1.29 is 4.74 Å². The fourth-order valence-electron chi connectivity index (χ4n) is 6.94. The Morgan fingerprint density at radius 3 is 2.28 bits per heavy atom. The van der Waals surface area contributed by atoms with Gasteiger partial charge >= 0.3 is 0 Å². The quantitative estimate of drug-likeness (QED) is 0.170. The van der Waals surface area contributed by atoms with Crippen molar-refractivity contribution in [1.29, 1.82) is 0 Å². The van der Waals surface area contributed by atoms with E-state index in [1.54, 1.807) is 0 Å². The van der Waals surface area contributed by atoms with Crippen LogP contribution in [0.3, 0.4) is 0 Å². The largest absolute Gasteiger partial charge is 0.457 e. The van der Waals surface area contributed by atoms with Gasteiger partial charge in [-0.1, -0.05) is 63.6 Å². The van der Waals surface area contributed by atoms with Crippen molar-refractivity contribution in [3.8, 4) is 34.1 Å². The highest BCUT2D eigenvalue weighted by Crippen LogP contribution is 2.36. The van der Waals surface area contributed by atoms with Gasteiger partial charge in [0, 0.05) is 40.9 Å². The maximum absolute atomic E-state index is 6.67. The van der Waals surface area contributed by atoms with E-state index in [4.69, 9.17) is 14.8 Å². The molecule has 47 heavy (non-hydrogen) atoms. The van der Waals surface area contributed by atoms with Crippen LogP contribution in [0.2, 0.25) is 0 Å². The molecule has 3 aromatic heterocycles. The van der Waals surface area contributed by atoms with Crippen LogP contribution in [0.4, 0.5) is 0 Å². The Balaban J connectivity index is 1.29. The summed E-state index contributed by atoms with van der Waals surface area (Å²) in [6.45, 7) is 15.4. The molecule has 0 aliphatic carbocycles. The van der Waals surface area contributed by atoms with E-state index in [0.29, 0.717) is 11.8 Å². The lowest BCUT2D eigenvalue weighted by Gasteiger charge is -2.14. The molecule has 0 saturated heterocycles. The summed E-state index contributed by atoms with van der Waals surface area (Å²) < 4.78 is 10.9. The first-order valence-electron chi connectivity index (χ1n) is 16.6. The lowest BCUT2D eigenvalue weighted by atomic mass is 9.96. The molecule has 3 heterocycles. The lowest BCUT2D eigenvalue weighted by Crippen LogP contribution is -2.01. The van der Waals surface area contributed by atoms with Crippen molar-refractivity contribution in [2.24, 2.45) is 5.92 Å². The molecule has 0 atom stereocenters. The zero-order valence-corrected chi connectivity index (χ0v) is 28.4. The number of pyridine rings is 1. The zero-order valence-electron chi connectivity index (χ0n) is 28.4. The van der Waals surface area contributed by atoms with E-state index < -0.39 is 0 Å². The van der Waals surface area contributed by atoms with Gasteiger partial charge in [-0.05, 0) is 109 Å². The number of rotatable bonds is 8. The van der Waals surface area contributed by atoms with E-state index in [1.165, 1.54) is 44.2 Å². The number of benzene rings is 4. The summed E-state index contributed by atoms with van der Waals surface area (Å²) >= 11 is 0. The van der Waals surface area contributed by atoms with Crippen LogP contribution in [-0.4, -0.2) is 19.3 Å². The predicted octanol–water partition coefficient (Wildman–Crippen LogP) is 11.1. The summed E-state index contributed by atoms with van der Waals surface area (Å²) in [6, 6.07) is 30.2. The Labute approximate surface area is 277 Å². The Bertz CT molecular complexity index is 2230. The highest BCUT2D eigenvalue weighted by Gasteiger charge is 2.16. The average Bonchev–Trinajstić information content (AvgIpc) is 3.63. The van der Waals surface area contributed by atoms with Crippen molar-refractivity contribution in [3.63, 3.8) is 0 Å². The summed E-state index contributed by atoms with van der Waals surface area (Å²) in [5.41, 5.74) is 11.8. The van der Waals surface area contributed by atoms with Gasteiger partial charge in [-0.25, -0.2) is 9.67 Å². The number of para-hydroxylation sites is 1. The first-order chi connectivity index (χ1) is 22.6. The summed E-state index contributed by atoms with van der Waals surface area (Å²) in [6.07, 6.45) is 7.02. The Hall–Kier alpha value is -5.16. The molecule has 0 spiro atoms. The number of hydrogen-bond acceptors (Lipinski definition) is 3. The second-order valence-corrected chi connectivity index (χ2v) is 13.6. The van der Waals surface area contributed by atoms with Gasteiger partial charge in [0.15, 0.2) is 0 Å². The van der Waals surface area contributed by atoms with E-state index in [9.17, 15) is 0 Å². The molecule has 0 N–H and O–H groups in total. The van der Waals surface area contributed by atoms with Crippen LogP contribution in [-0.2, 0) is 6.42 Å². The number of fused-ring (bicyclic) bond motifs is 3. The summed E-state index contributed by atoms with van der Waals surface area (Å²) in [5, 5.41) is 7.17. The fraction of sp³-hybridized carbons (Fsp3) is 0.238. The normalized spacial score (nSPS) is 11.8. The number of aromatic nitrogens is 4. The maximum Gasteiger partial charge on any atom is 0.137 e. The number of aryl methyl sites for hydroxylation is 3. The molecule has 0 radical (unpaired) electrons. The SMILES string of the molecule is Cc1cc(C)c(-c2cnn(-c3cc(Oc4ccc5c6ccccc6n(-c6cc(CC(C)C)ccn6)c5c4)cc(C(C)C)c3)c2)c(C)c1. The number of ether oxygens (including phenoxy) is 1. The van der Waals surface area contributed by atoms with Crippen molar-refractivity contribution in [3.05, 3.63) is 131 Å². The van der Waals surface area contributed by atoms with E-state index >= 15 is 0 Å². The maximum atomic E-state index is 6.67. The van der Waals surface area contributed by atoms with Gasteiger partial charge in [-0.2, -0.15) is 5.10 Å². The molecule has 0 aliphatic heterocycles. The molecule has 7 rings (SSSR count). The minimum absolute atomic E-state index is 0.322. The second-order valence-electron chi connectivity index (χ2n) is 13.6. The van der Waals surface area contributed by atoms with Gasteiger partial charge in [0.2, 0.25) is 0 Å². The number of nitrogens with zero attached hydrogens (tertiary/aromatic N) is 4. The van der Waals surface area contributed by atoms with Crippen LogP contribution in [0.1, 0.15) is 61.4 Å². The van der Waals surface area contributed by atoms with E-state index in [1.807, 2.05) is 17.1 Å². The van der Waals surface area contributed by atoms with Gasteiger partial charge in [-0.15, -0.1) is 0 Å². The molecule has 0 amide bonds. The van der Waals surface area contributed by atoms with Gasteiger partial charge in [0.25, 0.3) is 0 Å². The highest BCUT2D eigenvalue weighted by atomic mass is 16.5. The Morgan fingerprint density at radius 2 is 1.51 bits per heavy atom. The summed E-state index contributed by atoms with van der Waals surface area (Å²) in [7, 11) is 0. The third-order valence-electron chi connectivity index (χ3n) is 8.96. The number of hydrogen-bond donors (Lipinski definition) is 0. The van der Waals surface area contributed by atoms with Crippen LogP contribution in [0.5, 0.6) is 11.5 Å². The molecule has 0 fully saturated rings. The molecule has 0 saturated carbocycles. The van der Waals surface area contributed by atoms with Crippen molar-refractivity contribution in [2.75, 3.05) is 0 Å². The monoisotopic (exact) mass is 618 g/mol. The van der Waals surface area contributed by atoms with Gasteiger partial charge in [0.05, 0.1) is 22.9 Å². The minimum atomic E-state index is 0.322. The molecule has 7 aromatic rings. The van der Waals surface area contributed by atoms with Crippen LogP contribution >= 0.6 is 0 Å². The smallest absolute Gasteiger partial charge is 0.137 e. The third-order valence-corrected chi connectivity index (χ3v) is 8.96. The third kappa shape index (κ3) is 5.94. The van der Waals surface area contributed by atoms with Crippen LogP contribution in [0, 0.1) is 26.7 Å². The summed E-state index contributed by atoms with van der Waals surface area (Å²) in [4.78, 5) is 4.83. The lowest BCUT2D eigenvalue weighted by molar-refractivity contribution is 0.481. The standard InChI is InChI=1S/C42H42N4O/c1-26(2)16-31-14-15-43-41(19-31)46-39-11-9-8-10-37(39)38-13-12-35(23-40(38)46)47-36-21-32(27(3)4)20-34(22-36)45-25-33(24-44-45)42-29(6)17-28(5)18-30(42)7/h8-15,17-27H,16H2,1-7H3. The molecule has 236 valence electrons. The molecule has 0 aliphatic rings. The van der Waals surface area contributed by atoms with E-state index in [0.717, 1.165) is 46.0 Å². The van der Waals surface area contributed by atoms with Gasteiger partial charge < -0.3 is 4.74 Å². The predicted molar refractivity (Wildman–Crippen MR) is 194 cm³/mol. The molecular weight excluding hydrogens is 576 g/mol. The average molecular weight is 619 g/mol. The first kappa shape index (κ1) is 30.5. The van der Waals surface area contributed by atoms with E-state index in [-0.39, 0.29) is 0 Å². The van der Waals surface area contributed by atoms with Gasteiger partial charge in [-0.3, -0.25) is 4.57 Å². The molecule has 0 bridgehead atoms. The molecule has 5 heteroatoms. The van der Waals surface area contributed by atoms with Crippen molar-refractivity contribution in [2.45, 2.75) is 60.8 Å². The van der Waals surface area contributed by atoms with Crippen LogP contribution < -0.4 is 4.74 Å². The highest BCUT2D eigenvalue weighted by molar-refractivity contribution is 6.09. The first-order valence-corrected chi connectivity index (χ1v) is 16.6. The van der Waals surface area contributed by atoms with Crippen LogP contribution in [0.15, 0.2) is 104 Å². The molecule has 0 unspecified atom stereocenters. The Kier molecular flexibility index (Phi) is 7.93. The molecular formula is C42H42N4O. The molecule has 4 aromatic carbocycles. The fourth-order valence-corrected chi connectivity index (χ4v) is 6.94. The van der Waals surface area contributed by atoms with Crippen LogP contribution in [0.25, 0.3) is 44.4 Å². The zero-order chi connectivity index (χ0) is 32.8. The Morgan fingerprint density at radius 1 is 0.745 bits per heavy atom. The minimum Gasteiger partial charge on any atom is -0.457 e. The van der Waals surface area contributed by atoms with E-state index in [2.05, 4.69) is 144 Å². The second kappa shape index (κ2) is 12.2. The molecule has 5 nitrogen and oxygen atoms in total. The topological polar surface area (TPSA) is 44.9 Å². The summed E-state index contributed by atoms with van der Waals surface area (Å²) in [5.74, 6) is 3.37. The van der Waals surface area contributed by atoms with Crippen molar-refractivity contribution >= 4 is 21.8 Å². The van der Waals surface area contributed by atoms with Gasteiger partial charge in [0.1, 0.15) is 17.3 Å². The van der Waals surface area contributed by atoms with Crippen molar-refractivity contribution in [1.82, 2.24) is 19.3 Å².